The third-order valence-corrected chi connectivity index (χ3v) is 3.38. The fourth-order valence-electron chi connectivity index (χ4n) is 2.33. The van der Waals surface area contributed by atoms with Crippen LogP contribution in [-0.4, -0.2) is 57.4 Å². The monoisotopic (exact) mass is 280 g/mol. The Labute approximate surface area is 117 Å². The van der Waals surface area contributed by atoms with E-state index in [4.69, 9.17) is 0 Å². The number of amides is 1. The van der Waals surface area contributed by atoms with Crippen LogP contribution in [0.25, 0.3) is 0 Å². The molecule has 110 valence electrons. The average Bonchev–Trinajstić information content (AvgIpc) is 2.63. The summed E-state index contributed by atoms with van der Waals surface area (Å²) in [6, 6.07) is 1.86. The maximum Gasteiger partial charge on any atom is 0.225 e. The van der Waals surface area contributed by atoms with Crippen LogP contribution < -0.4 is 10.2 Å². The van der Waals surface area contributed by atoms with E-state index in [9.17, 15) is 15.0 Å². The Balaban J connectivity index is 2.15. The molecule has 1 aromatic rings. The van der Waals surface area contributed by atoms with Gasteiger partial charge in [-0.25, -0.2) is 9.97 Å². The van der Waals surface area contributed by atoms with Gasteiger partial charge in [0.2, 0.25) is 11.9 Å². The first-order valence-electron chi connectivity index (χ1n) is 6.52. The van der Waals surface area contributed by atoms with Crippen LogP contribution in [0.4, 0.5) is 5.95 Å². The van der Waals surface area contributed by atoms with Crippen molar-refractivity contribution in [2.45, 2.75) is 32.5 Å². The van der Waals surface area contributed by atoms with E-state index < -0.39 is 11.7 Å². The van der Waals surface area contributed by atoms with Gasteiger partial charge in [0.15, 0.2) is 0 Å². The Morgan fingerprint density at radius 2 is 2.10 bits per heavy atom. The van der Waals surface area contributed by atoms with Gasteiger partial charge < -0.3 is 20.4 Å². The molecule has 0 saturated carbocycles. The highest BCUT2D eigenvalue weighted by atomic mass is 16.3. The van der Waals surface area contributed by atoms with Crippen LogP contribution in [0.15, 0.2) is 6.07 Å². The molecule has 1 aliphatic rings. The second kappa shape index (κ2) is 5.34. The van der Waals surface area contributed by atoms with Crippen LogP contribution in [-0.2, 0) is 4.79 Å². The van der Waals surface area contributed by atoms with Crippen LogP contribution in [0, 0.1) is 13.8 Å². The molecule has 1 saturated heterocycles. The summed E-state index contributed by atoms with van der Waals surface area (Å²) in [5, 5.41) is 23.0. The quantitative estimate of drug-likeness (QED) is 0.666. The van der Waals surface area contributed by atoms with Crippen molar-refractivity contribution in [2.75, 3.05) is 24.5 Å². The van der Waals surface area contributed by atoms with Gasteiger partial charge in [0.05, 0.1) is 13.1 Å². The molecule has 1 amide bonds. The Hall–Kier alpha value is -1.73. The molecule has 2 heterocycles. The molecule has 2 rings (SSSR count). The summed E-state index contributed by atoms with van der Waals surface area (Å²) in [5.74, 6) is 0.243. The lowest BCUT2D eigenvalue weighted by Crippen LogP contribution is -2.51. The Kier molecular flexibility index (Phi) is 3.92. The number of aryl methyl sites for hydroxylation is 2. The fourth-order valence-corrected chi connectivity index (χ4v) is 2.33. The van der Waals surface area contributed by atoms with Crippen LogP contribution >= 0.6 is 0 Å². The number of nitrogens with zero attached hydrogens (tertiary/aromatic N) is 3. The summed E-state index contributed by atoms with van der Waals surface area (Å²) >= 11 is 0. The number of nitrogens with one attached hydrogen (secondary N) is 1. The first-order valence-corrected chi connectivity index (χ1v) is 6.52. The van der Waals surface area contributed by atoms with Crippen molar-refractivity contribution in [1.29, 1.82) is 0 Å². The lowest BCUT2D eigenvalue weighted by Gasteiger charge is -2.25. The predicted molar refractivity (Wildman–Crippen MR) is 73.4 cm³/mol. The number of carbonyl (C=O) groups excluding carboxylic acids is 1. The van der Waals surface area contributed by atoms with Crippen LogP contribution in [0.5, 0.6) is 0 Å². The number of hydrogen-bond donors (Lipinski definition) is 3. The van der Waals surface area contributed by atoms with E-state index in [1.807, 2.05) is 19.9 Å². The second-order valence-corrected chi connectivity index (χ2v) is 5.36. The maximum absolute atomic E-state index is 10.9. The third-order valence-electron chi connectivity index (χ3n) is 3.38. The van der Waals surface area contributed by atoms with Gasteiger partial charge in [-0.3, -0.25) is 4.79 Å². The number of aliphatic hydroxyl groups excluding tert-OH is 1. The highest BCUT2D eigenvalue weighted by Gasteiger charge is 2.45. The van der Waals surface area contributed by atoms with Crippen LogP contribution in [0.2, 0.25) is 0 Å². The molecule has 0 aliphatic carbocycles. The van der Waals surface area contributed by atoms with Gasteiger partial charge in [-0.05, 0) is 19.9 Å². The van der Waals surface area contributed by atoms with Crippen molar-refractivity contribution < 1.29 is 15.0 Å². The lowest BCUT2D eigenvalue weighted by molar-refractivity contribution is -0.121. The number of hydrogen-bond acceptors (Lipinski definition) is 6. The fraction of sp³-hybridized carbons (Fsp3) is 0.615. The topological polar surface area (TPSA) is 98.6 Å². The summed E-state index contributed by atoms with van der Waals surface area (Å²) in [6.07, 6.45) is -0.959. The van der Waals surface area contributed by atoms with Crippen molar-refractivity contribution in [1.82, 2.24) is 15.3 Å². The molecule has 0 bridgehead atoms. The van der Waals surface area contributed by atoms with Gasteiger partial charge in [-0.1, -0.05) is 0 Å². The first-order chi connectivity index (χ1) is 9.30. The molecule has 1 aliphatic heterocycles. The van der Waals surface area contributed by atoms with Crippen molar-refractivity contribution in [2.24, 2.45) is 0 Å². The smallest absolute Gasteiger partial charge is 0.225 e. The summed E-state index contributed by atoms with van der Waals surface area (Å²) in [6.45, 7) is 5.53. The summed E-state index contributed by atoms with van der Waals surface area (Å²) in [5.41, 5.74) is 0.283. The van der Waals surface area contributed by atoms with E-state index in [0.29, 0.717) is 5.95 Å². The molecule has 1 fully saturated rings. The first kappa shape index (κ1) is 14.7. The van der Waals surface area contributed by atoms with Crippen molar-refractivity contribution in [3.8, 4) is 0 Å². The van der Waals surface area contributed by atoms with Gasteiger partial charge in [0.25, 0.3) is 0 Å². The van der Waals surface area contributed by atoms with E-state index in [0.717, 1.165) is 11.4 Å². The molecule has 0 radical (unpaired) electrons. The largest absolute Gasteiger partial charge is 0.388 e. The van der Waals surface area contributed by atoms with Gasteiger partial charge in [-0.2, -0.15) is 0 Å². The normalized spacial score (nSPS) is 25.9. The predicted octanol–water partition coefficient (Wildman–Crippen LogP) is -0.858. The molecule has 0 aromatic carbocycles. The number of rotatable bonds is 3. The molecule has 1 aromatic heterocycles. The van der Waals surface area contributed by atoms with E-state index >= 15 is 0 Å². The third kappa shape index (κ3) is 3.05. The lowest BCUT2D eigenvalue weighted by atomic mass is 10.0. The van der Waals surface area contributed by atoms with Gasteiger partial charge >= 0.3 is 0 Å². The van der Waals surface area contributed by atoms with Crippen LogP contribution in [0.3, 0.4) is 0 Å². The number of aliphatic hydroxyl groups is 2. The molecular formula is C13H20N4O3. The molecule has 3 N–H and O–H groups in total. The highest BCUT2D eigenvalue weighted by molar-refractivity contribution is 5.72. The average molecular weight is 280 g/mol. The van der Waals surface area contributed by atoms with E-state index in [1.165, 1.54) is 6.92 Å². The van der Waals surface area contributed by atoms with Gasteiger partial charge in [0.1, 0.15) is 11.7 Å². The molecule has 0 spiro atoms. The Bertz CT molecular complexity index is 502. The molecule has 2 atom stereocenters. The SMILES string of the molecule is CC(=O)NC[C@]1(O)CN(c2nc(C)cc(C)n2)C[C@H]1O. The Morgan fingerprint density at radius 3 is 2.65 bits per heavy atom. The van der Waals surface area contributed by atoms with Gasteiger partial charge in [-0.15, -0.1) is 0 Å². The van der Waals surface area contributed by atoms with Crippen molar-refractivity contribution in [3.63, 3.8) is 0 Å². The van der Waals surface area contributed by atoms with E-state index in [-0.39, 0.29) is 25.5 Å². The minimum atomic E-state index is -1.38. The molecule has 7 heteroatoms. The van der Waals surface area contributed by atoms with Gasteiger partial charge in [0, 0.05) is 24.9 Å². The van der Waals surface area contributed by atoms with E-state index in [1.54, 1.807) is 4.90 Å². The van der Waals surface area contributed by atoms with E-state index in [2.05, 4.69) is 15.3 Å². The zero-order chi connectivity index (χ0) is 14.9. The zero-order valence-corrected chi connectivity index (χ0v) is 11.9. The standard InChI is InChI=1S/C13H20N4O3/c1-8-4-9(2)16-12(15-8)17-5-11(19)13(20,7-17)6-14-10(3)18/h4,11,19-20H,5-7H2,1-3H3,(H,14,18)/t11-,13+/m1/s1. The molecule has 7 nitrogen and oxygen atoms in total. The summed E-state index contributed by atoms with van der Waals surface area (Å²) < 4.78 is 0. The molecule has 0 unspecified atom stereocenters. The zero-order valence-electron chi connectivity index (χ0n) is 11.9. The molecule has 20 heavy (non-hydrogen) atoms. The number of carbonyl (C=O) groups is 1. The second-order valence-electron chi connectivity index (χ2n) is 5.36. The molecular weight excluding hydrogens is 260 g/mol. The maximum atomic E-state index is 10.9. The summed E-state index contributed by atoms with van der Waals surface area (Å²) in [7, 11) is 0. The minimum Gasteiger partial charge on any atom is -0.388 e. The summed E-state index contributed by atoms with van der Waals surface area (Å²) in [4.78, 5) is 21.3. The number of aromatic nitrogens is 2. The minimum absolute atomic E-state index is 0.00476. The highest BCUT2D eigenvalue weighted by Crippen LogP contribution is 2.25. The Morgan fingerprint density at radius 1 is 1.50 bits per heavy atom. The number of β-amino-alcohol motifs (C(OH)–C–C–N with tert-alkyl or cyclic N) is 2. The van der Waals surface area contributed by atoms with Crippen molar-refractivity contribution >= 4 is 11.9 Å². The van der Waals surface area contributed by atoms with Crippen molar-refractivity contribution in [3.05, 3.63) is 17.5 Å². The number of anilines is 1. The van der Waals surface area contributed by atoms with Crippen LogP contribution in [0.1, 0.15) is 18.3 Å².